The second-order valence-electron chi connectivity index (χ2n) is 2.41. The highest BCUT2D eigenvalue weighted by atomic mass is 35.5. The lowest BCUT2D eigenvalue weighted by molar-refractivity contribution is 1.03. The SMILES string of the molecule is CN1CNc2nc(Cl)ncc21. The summed E-state index contributed by atoms with van der Waals surface area (Å²) in [5.41, 5.74) is 0.995. The Bertz CT molecular complexity index is 288. The maximum Gasteiger partial charge on any atom is 0.224 e. The van der Waals surface area contributed by atoms with E-state index in [0.717, 1.165) is 18.2 Å². The molecule has 0 aromatic carbocycles. The zero-order chi connectivity index (χ0) is 7.84. The normalized spacial score (nSPS) is 14.5. The molecule has 0 aliphatic carbocycles. The first-order chi connectivity index (χ1) is 5.27. The number of nitrogens with zero attached hydrogens (tertiary/aromatic N) is 3. The summed E-state index contributed by atoms with van der Waals surface area (Å²) in [4.78, 5) is 9.90. The van der Waals surface area contributed by atoms with Crippen LogP contribution in [0.5, 0.6) is 0 Å². The highest BCUT2D eigenvalue weighted by Gasteiger charge is 2.16. The van der Waals surface area contributed by atoms with Crippen LogP contribution in [0.2, 0.25) is 5.28 Å². The van der Waals surface area contributed by atoms with Gasteiger partial charge in [0.05, 0.1) is 18.6 Å². The van der Waals surface area contributed by atoms with E-state index in [9.17, 15) is 0 Å². The predicted molar refractivity (Wildman–Crippen MR) is 43.9 cm³/mol. The molecule has 0 atom stereocenters. The van der Waals surface area contributed by atoms with Gasteiger partial charge < -0.3 is 10.2 Å². The van der Waals surface area contributed by atoms with Crippen LogP contribution in [0.3, 0.4) is 0 Å². The average molecular weight is 171 g/mol. The third kappa shape index (κ3) is 0.991. The molecule has 2 rings (SSSR count). The fourth-order valence-corrected chi connectivity index (χ4v) is 1.18. The number of aromatic nitrogens is 2. The molecule has 58 valence electrons. The summed E-state index contributed by atoms with van der Waals surface area (Å²) in [5.74, 6) is 0.813. The van der Waals surface area contributed by atoms with Crippen LogP contribution < -0.4 is 10.2 Å². The highest BCUT2D eigenvalue weighted by Crippen LogP contribution is 2.27. The molecule has 1 aliphatic rings. The van der Waals surface area contributed by atoms with E-state index < -0.39 is 0 Å². The van der Waals surface area contributed by atoms with E-state index in [1.165, 1.54) is 0 Å². The molecule has 5 heteroatoms. The van der Waals surface area contributed by atoms with Gasteiger partial charge in [0.1, 0.15) is 0 Å². The Labute approximate surface area is 69.2 Å². The van der Waals surface area contributed by atoms with Crippen LogP contribution in [-0.2, 0) is 0 Å². The molecule has 0 radical (unpaired) electrons. The smallest absolute Gasteiger partial charge is 0.224 e. The van der Waals surface area contributed by atoms with E-state index in [4.69, 9.17) is 11.6 Å². The topological polar surface area (TPSA) is 41.0 Å². The third-order valence-corrected chi connectivity index (χ3v) is 1.82. The summed E-state index contributed by atoms with van der Waals surface area (Å²) in [6.07, 6.45) is 1.71. The van der Waals surface area contributed by atoms with Gasteiger partial charge in [0.15, 0.2) is 5.82 Å². The largest absolute Gasteiger partial charge is 0.353 e. The summed E-state index contributed by atoms with van der Waals surface area (Å²) in [7, 11) is 1.97. The fourth-order valence-electron chi connectivity index (χ4n) is 1.04. The summed E-state index contributed by atoms with van der Waals surface area (Å²) < 4.78 is 0. The first-order valence-electron chi connectivity index (χ1n) is 3.25. The molecule has 1 aromatic rings. The number of anilines is 2. The Morgan fingerprint density at radius 3 is 3.36 bits per heavy atom. The monoisotopic (exact) mass is 170 g/mol. The molecule has 2 heterocycles. The van der Waals surface area contributed by atoms with Crippen LogP contribution in [0.25, 0.3) is 0 Å². The molecule has 1 aliphatic heterocycles. The first-order valence-corrected chi connectivity index (χ1v) is 3.63. The average Bonchev–Trinajstić information content (AvgIpc) is 2.32. The van der Waals surface area contributed by atoms with Crippen molar-refractivity contribution in [1.82, 2.24) is 9.97 Å². The van der Waals surface area contributed by atoms with E-state index in [0.29, 0.717) is 0 Å². The molecule has 0 fully saturated rings. The Balaban J connectivity index is 2.50. The Hall–Kier alpha value is -1.03. The van der Waals surface area contributed by atoms with E-state index in [-0.39, 0.29) is 5.28 Å². The van der Waals surface area contributed by atoms with Gasteiger partial charge in [-0.2, -0.15) is 4.98 Å². The molecule has 0 unspecified atom stereocenters. The molecule has 0 saturated heterocycles. The van der Waals surface area contributed by atoms with Crippen molar-refractivity contribution in [3.63, 3.8) is 0 Å². The van der Waals surface area contributed by atoms with Crippen molar-refractivity contribution < 1.29 is 0 Å². The van der Waals surface area contributed by atoms with Crippen LogP contribution in [0.4, 0.5) is 11.5 Å². The predicted octanol–water partition coefficient (Wildman–Crippen LogP) is 0.949. The second-order valence-corrected chi connectivity index (χ2v) is 2.74. The molecule has 1 N–H and O–H groups in total. The third-order valence-electron chi connectivity index (χ3n) is 1.63. The van der Waals surface area contributed by atoms with Gasteiger partial charge in [-0.3, -0.25) is 0 Å². The molecule has 0 saturated carbocycles. The number of nitrogens with one attached hydrogen (secondary N) is 1. The number of rotatable bonds is 0. The Morgan fingerprint density at radius 2 is 2.55 bits per heavy atom. The van der Waals surface area contributed by atoms with Gasteiger partial charge in [-0.1, -0.05) is 0 Å². The van der Waals surface area contributed by atoms with Crippen LogP contribution >= 0.6 is 11.6 Å². The lowest BCUT2D eigenvalue weighted by Gasteiger charge is -2.07. The van der Waals surface area contributed by atoms with E-state index in [1.807, 2.05) is 11.9 Å². The van der Waals surface area contributed by atoms with Crippen LogP contribution in [0.15, 0.2) is 6.20 Å². The highest BCUT2D eigenvalue weighted by molar-refractivity contribution is 6.28. The molecule has 0 amide bonds. The molecule has 4 nitrogen and oxygen atoms in total. The van der Waals surface area contributed by atoms with Crippen molar-refractivity contribution in [2.75, 3.05) is 23.9 Å². The minimum absolute atomic E-state index is 0.284. The Morgan fingerprint density at radius 1 is 1.73 bits per heavy atom. The molecule has 0 spiro atoms. The summed E-state index contributed by atoms with van der Waals surface area (Å²) in [6, 6.07) is 0. The van der Waals surface area contributed by atoms with Crippen molar-refractivity contribution in [1.29, 1.82) is 0 Å². The maximum absolute atomic E-state index is 5.59. The van der Waals surface area contributed by atoms with E-state index >= 15 is 0 Å². The molecule has 1 aromatic heterocycles. The molecular formula is C6H7ClN4. The van der Waals surface area contributed by atoms with E-state index in [1.54, 1.807) is 6.20 Å². The molecule has 0 bridgehead atoms. The first kappa shape index (κ1) is 6.67. The maximum atomic E-state index is 5.59. The quantitative estimate of drug-likeness (QED) is 0.589. The number of hydrogen-bond acceptors (Lipinski definition) is 4. The van der Waals surface area contributed by atoms with Crippen molar-refractivity contribution in [3.05, 3.63) is 11.5 Å². The second kappa shape index (κ2) is 2.23. The van der Waals surface area contributed by atoms with Crippen LogP contribution in [0.1, 0.15) is 0 Å². The van der Waals surface area contributed by atoms with Crippen molar-refractivity contribution in [3.8, 4) is 0 Å². The minimum Gasteiger partial charge on any atom is -0.353 e. The minimum atomic E-state index is 0.284. The van der Waals surface area contributed by atoms with Crippen molar-refractivity contribution in [2.45, 2.75) is 0 Å². The molecule has 11 heavy (non-hydrogen) atoms. The van der Waals surface area contributed by atoms with Gasteiger partial charge in [0.25, 0.3) is 0 Å². The van der Waals surface area contributed by atoms with Gasteiger partial charge >= 0.3 is 0 Å². The summed E-state index contributed by atoms with van der Waals surface area (Å²) in [5, 5.41) is 3.36. The fraction of sp³-hybridized carbons (Fsp3) is 0.333. The summed E-state index contributed by atoms with van der Waals surface area (Å²) in [6.45, 7) is 0.768. The molecular weight excluding hydrogens is 164 g/mol. The van der Waals surface area contributed by atoms with Gasteiger partial charge in [-0.15, -0.1) is 0 Å². The lowest BCUT2D eigenvalue weighted by atomic mass is 10.5. The summed E-state index contributed by atoms with van der Waals surface area (Å²) >= 11 is 5.59. The number of hydrogen-bond donors (Lipinski definition) is 1. The van der Waals surface area contributed by atoms with Gasteiger partial charge in [-0.05, 0) is 11.6 Å². The standard InChI is InChI=1S/C6H7ClN4/c1-11-3-9-5-4(11)2-8-6(7)10-5/h2H,3H2,1H3,(H,8,9,10). The zero-order valence-electron chi connectivity index (χ0n) is 6.00. The van der Waals surface area contributed by atoms with Gasteiger partial charge in [0.2, 0.25) is 5.28 Å². The van der Waals surface area contributed by atoms with Crippen molar-refractivity contribution in [2.24, 2.45) is 0 Å². The van der Waals surface area contributed by atoms with Crippen molar-refractivity contribution >= 4 is 23.1 Å². The lowest BCUT2D eigenvalue weighted by Crippen LogP contribution is -2.15. The van der Waals surface area contributed by atoms with Crippen LogP contribution in [-0.4, -0.2) is 23.7 Å². The number of fused-ring (bicyclic) bond motifs is 1. The van der Waals surface area contributed by atoms with Crippen LogP contribution in [0, 0.1) is 0 Å². The van der Waals surface area contributed by atoms with Gasteiger partial charge in [-0.25, -0.2) is 4.98 Å². The zero-order valence-corrected chi connectivity index (χ0v) is 6.76. The van der Waals surface area contributed by atoms with Gasteiger partial charge in [0, 0.05) is 7.05 Å². The van der Waals surface area contributed by atoms with E-state index in [2.05, 4.69) is 15.3 Å². The number of halogens is 1. The Kier molecular flexibility index (Phi) is 1.35.